The van der Waals surface area contributed by atoms with E-state index in [1.807, 2.05) is 48.5 Å². The van der Waals surface area contributed by atoms with Crippen LogP contribution in [0.25, 0.3) is 28.1 Å². The van der Waals surface area contributed by atoms with Gasteiger partial charge in [-0.1, -0.05) is 42.5 Å². The third-order valence-electron chi connectivity index (χ3n) is 4.17. The van der Waals surface area contributed by atoms with Crippen molar-refractivity contribution in [2.24, 2.45) is 0 Å². The Labute approximate surface area is 153 Å². The molecule has 130 valence electrons. The van der Waals surface area contributed by atoms with Crippen molar-refractivity contribution in [3.8, 4) is 11.3 Å². The number of para-hydroxylation sites is 1. The van der Waals surface area contributed by atoms with Crippen LogP contribution in [0.4, 0.5) is 5.69 Å². The van der Waals surface area contributed by atoms with Crippen LogP contribution < -0.4 is 5.32 Å². The molecule has 27 heavy (non-hydrogen) atoms. The molecule has 0 aliphatic carbocycles. The molecule has 0 aliphatic rings. The minimum atomic E-state index is -0.425. The molecule has 0 aliphatic heterocycles. The number of carbonyl (C=O) groups excluding carboxylic acids is 1. The molecule has 7 nitrogen and oxygen atoms in total. The first-order valence-electron chi connectivity index (χ1n) is 8.35. The molecule has 0 saturated heterocycles. The molecular formula is C20H13N5O2. The van der Waals surface area contributed by atoms with Crippen molar-refractivity contribution in [1.29, 1.82) is 0 Å². The third kappa shape index (κ3) is 2.71. The Morgan fingerprint density at radius 2 is 1.93 bits per heavy atom. The largest absolute Gasteiger partial charge is 0.454 e. The molecule has 0 saturated carbocycles. The highest BCUT2D eigenvalue weighted by molar-refractivity contribution is 6.06. The summed E-state index contributed by atoms with van der Waals surface area (Å²) in [4.78, 5) is 20.8. The van der Waals surface area contributed by atoms with Crippen LogP contribution in [0.3, 0.4) is 0 Å². The number of hydrogen-bond donors (Lipinski definition) is 1. The first kappa shape index (κ1) is 15.3. The van der Waals surface area contributed by atoms with Gasteiger partial charge in [0.1, 0.15) is 5.76 Å². The second-order valence-corrected chi connectivity index (χ2v) is 5.95. The Kier molecular flexibility index (Phi) is 3.43. The average Bonchev–Trinajstić information content (AvgIpc) is 3.33. The summed E-state index contributed by atoms with van der Waals surface area (Å²) >= 11 is 0. The van der Waals surface area contributed by atoms with Gasteiger partial charge in [0.2, 0.25) is 5.82 Å². The zero-order valence-electron chi connectivity index (χ0n) is 14.0. The van der Waals surface area contributed by atoms with Gasteiger partial charge in [-0.25, -0.2) is 9.50 Å². The molecule has 3 aromatic heterocycles. The van der Waals surface area contributed by atoms with Crippen molar-refractivity contribution in [2.45, 2.75) is 0 Å². The van der Waals surface area contributed by atoms with Crippen molar-refractivity contribution < 1.29 is 9.21 Å². The normalized spacial score (nSPS) is 11.1. The van der Waals surface area contributed by atoms with Gasteiger partial charge in [0.15, 0.2) is 5.58 Å². The summed E-state index contributed by atoms with van der Waals surface area (Å²) in [5, 5.41) is 7.87. The second kappa shape index (κ2) is 6.06. The van der Waals surface area contributed by atoms with Gasteiger partial charge in [0.25, 0.3) is 11.7 Å². The Morgan fingerprint density at radius 1 is 1.04 bits per heavy atom. The molecule has 0 unspecified atom stereocenters. The summed E-state index contributed by atoms with van der Waals surface area (Å²) in [6.07, 6.45) is 3.28. The highest BCUT2D eigenvalue weighted by Gasteiger charge is 2.16. The van der Waals surface area contributed by atoms with Gasteiger partial charge in [-0.05, 0) is 18.2 Å². The maximum atomic E-state index is 12.6. The SMILES string of the molecule is O=C(Nc1cccc2cc(-c3ccccc3)oc12)c1nc2ncccn2n1. The molecule has 0 bridgehead atoms. The number of carbonyl (C=O) groups is 1. The fourth-order valence-corrected chi connectivity index (χ4v) is 2.91. The smallest absolute Gasteiger partial charge is 0.295 e. The second-order valence-electron chi connectivity index (χ2n) is 5.95. The minimum Gasteiger partial charge on any atom is -0.454 e. The Hall–Kier alpha value is -4.00. The van der Waals surface area contributed by atoms with Crippen molar-refractivity contribution in [2.75, 3.05) is 5.32 Å². The predicted molar refractivity (Wildman–Crippen MR) is 100 cm³/mol. The van der Waals surface area contributed by atoms with Gasteiger partial charge in [0.05, 0.1) is 5.69 Å². The standard InChI is InChI=1S/C20H13N5O2/c26-19(18-23-20-21-10-5-11-25(20)24-18)22-15-9-4-8-14-12-16(27-17(14)15)13-6-2-1-3-7-13/h1-12H,(H,22,26). The van der Waals surface area contributed by atoms with E-state index in [9.17, 15) is 4.79 Å². The first-order chi connectivity index (χ1) is 13.3. The number of nitrogens with one attached hydrogen (secondary N) is 1. The zero-order chi connectivity index (χ0) is 18.2. The maximum Gasteiger partial charge on any atom is 0.295 e. The van der Waals surface area contributed by atoms with Crippen LogP contribution in [0, 0.1) is 0 Å². The van der Waals surface area contributed by atoms with Crippen LogP contribution >= 0.6 is 0 Å². The third-order valence-corrected chi connectivity index (χ3v) is 4.17. The van der Waals surface area contributed by atoms with Crippen molar-refractivity contribution in [3.63, 3.8) is 0 Å². The molecule has 3 heterocycles. The number of anilines is 1. The highest BCUT2D eigenvalue weighted by Crippen LogP contribution is 2.32. The molecule has 5 rings (SSSR count). The minimum absolute atomic E-state index is 0.0422. The Bertz CT molecular complexity index is 1240. The molecular weight excluding hydrogens is 342 g/mol. The van der Waals surface area contributed by atoms with Crippen LogP contribution in [0.5, 0.6) is 0 Å². The molecule has 5 aromatic rings. The fraction of sp³-hybridized carbons (Fsp3) is 0. The lowest BCUT2D eigenvalue weighted by atomic mass is 10.1. The molecule has 7 heteroatoms. The van der Waals surface area contributed by atoms with Crippen molar-refractivity contribution >= 4 is 28.3 Å². The maximum absolute atomic E-state index is 12.6. The fourth-order valence-electron chi connectivity index (χ4n) is 2.91. The van der Waals surface area contributed by atoms with Gasteiger partial charge in [-0.15, -0.1) is 5.10 Å². The number of hydrogen-bond acceptors (Lipinski definition) is 5. The molecule has 0 radical (unpaired) electrons. The van der Waals surface area contributed by atoms with Crippen LogP contribution in [-0.4, -0.2) is 25.5 Å². The van der Waals surface area contributed by atoms with Crippen LogP contribution in [-0.2, 0) is 0 Å². The van der Waals surface area contributed by atoms with E-state index in [0.29, 0.717) is 17.0 Å². The van der Waals surface area contributed by atoms with E-state index < -0.39 is 5.91 Å². The van der Waals surface area contributed by atoms with E-state index in [4.69, 9.17) is 4.42 Å². The number of fused-ring (bicyclic) bond motifs is 2. The molecule has 0 spiro atoms. The Morgan fingerprint density at radius 3 is 2.78 bits per heavy atom. The van der Waals surface area contributed by atoms with Crippen LogP contribution in [0.1, 0.15) is 10.6 Å². The van der Waals surface area contributed by atoms with Gasteiger partial charge >= 0.3 is 0 Å². The lowest BCUT2D eigenvalue weighted by Crippen LogP contribution is -2.14. The zero-order valence-corrected chi connectivity index (χ0v) is 14.0. The van der Waals surface area contributed by atoms with Gasteiger partial charge in [-0.2, -0.15) is 4.98 Å². The number of aromatic nitrogens is 4. The molecule has 1 N–H and O–H groups in total. The summed E-state index contributed by atoms with van der Waals surface area (Å²) in [6, 6.07) is 19.1. The average molecular weight is 355 g/mol. The van der Waals surface area contributed by atoms with E-state index >= 15 is 0 Å². The lowest BCUT2D eigenvalue weighted by Gasteiger charge is -2.03. The summed E-state index contributed by atoms with van der Waals surface area (Å²) in [5.41, 5.74) is 2.14. The van der Waals surface area contributed by atoms with E-state index in [1.54, 1.807) is 24.5 Å². The first-order valence-corrected chi connectivity index (χ1v) is 8.35. The predicted octanol–water partition coefficient (Wildman–Crippen LogP) is 3.79. The number of furan rings is 1. The quantitative estimate of drug-likeness (QED) is 0.532. The van der Waals surface area contributed by atoms with Crippen LogP contribution in [0.15, 0.2) is 77.5 Å². The van der Waals surface area contributed by atoms with Crippen LogP contribution in [0.2, 0.25) is 0 Å². The lowest BCUT2D eigenvalue weighted by molar-refractivity contribution is 0.101. The van der Waals surface area contributed by atoms with E-state index in [-0.39, 0.29) is 5.82 Å². The van der Waals surface area contributed by atoms with Crippen molar-refractivity contribution in [1.82, 2.24) is 19.6 Å². The highest BCUT2D eigenvalue weighted by atomic mass is 16.3. The molecule has 1 amide bonds. The Balaban J connectivity index is 1.51. The van der Waals surface area contributed by atoms with E-state index in [0.717, 1.165) is 16.7 Å². The molecule has 0 fully saturated rings. The summed E-state index contributed by atoms with van der Waals surface area (Å²) in [5.74, 6) is 0.721. The topological polar surface area (TPSA) is 85.3 Å². The molecule has 0 atom stereocenters. The molecule has 2 aromatic carbocycles. The van der Waals surface area contributed by atoms with Gasteiger partial charge < -0.3 is 9.73 Å². The van der Waals surface area contributed by atoms with Crippen molar-refractivity contribution in [3.05, 3.63) is 78.9 Å². The van der Waals surface area contributed by atoms with E-state index in [2.05, 4.69) is 20.4 Å². The number of amides is 1. The summed E-state index contributed by atoms with van der Waals surface area (Å²) < 4.78 is 7.46. The van der Waals surface area contributed by atoms with Gasteiger partial charge in [-0.3, -0.25) is 4.79 Å². The summed E-state index contributed by atoms with van der Waals surface area (Å²) in [6.45, 7) is 0. The van der Waals surface area contributed by atoms with Gasteiger partial charge in [0, 0.05) is 23.3 Å². The monoisotopic (exact) mass is 355 g/mol. The number of rotatable bonds is 3. The van der Waals surface area contributed by atoms with E-state index in [1.165, 1.54) is 4.52 Å². The number of benzene rings is 2. The number of nitrogens with zero attached hydrogens (tertiary/aromatic N) is 4. The summed E-state index contributed by atoms with van der Waals surface area (Å²) in [7, 11) is 0.